The van der Waals surface area contributed by atoms with Crippen LogP contribution in [0.3, 0.4) is 0 Å². The van der Waals surface area contributed by atoms with Crippen molar-refractivity contribution >= 4 is 11.4 Å². The molecule has 0 aromatic heterocycles. The molecule has 0 heterocycles. The average Bonchev–Trinajstić information content (AvgIpc) is 3.08. The number of para-hydroxylation sites is 2. The zero-order chi connectivity index (χ0) is 31.9. The minimum Gasteiger partial charge on any atom is -1.00 e. The molecule has 0 radical (unpaired) electrons. The van der Waals surface area contributed by atoms with Gasteiger partial charge in [-0.2, -0.15) is 0 Å². The van der Waals surface area contributed by atoms with Crippen LogP contribution in [0.25, 0.3) is 0 Å². The highest BCUT2D eigenvalue weighted by molar-refractivity contribution is 5.58. The highest BCUT2D eigenvalue weighted by Crippen LogP contribution is 2.36. The number of quaternary nitrogens is 1. The SMILES string of the molecule is CCCCCCCCCCCCCCCC[N+](CCCCCCCCCCCCCCCC)(c1ccccc1)c1ccccc1.[I-]. The Bertz CT molecular complexity index is 792. The van der Waals surface area contributed by atoms with Gasteiger partial charge in [0.15, 0.2) is 0 Å². The van der Waals surface area contributed by atoms with Crippen LogP contribution < -0.4 is 28.5 Å². The maximum atomic E-state index is 2.39. The topological polar surface area (TPSA) is 0 Å². The lowest BCUT2D eigenvalue weighted by Crippen LogP contribution is -3.00. The van der Waals surface area contributed by atoms with Gasteiger partial charge >= 0.3 is 0 Å². The Morgan fingerprint density at radius 2 is 0.522 bits per heavy atom. The van der Waals surface area contributed by atoms with E-state index < -0.39 is 0 Å². The molecule has 2 aromatic rings. The van der Waals surface area contributed by atoms with Crippen LogP contribution in [-0.2, 0) is 0 Å². The Kier molecular flexibility index (Phi) is 29.5. The number of unbranched alkanes of at least 4 members (excludes halogenated alkanes) is 26. The number of hydrogen-bond donors (Lipinski definition) is 0. The first kappa shape index (κ1) is 43.2. The van der Waals surface area contributed by atoms with Crippen LogP contribution in [0.5, 0.6) is 0 Å². The van der Waals surface area contributed by atoms with Crippen LogP contribution in [0.4, 0.5) is 11.4 Å². The van der Waals surface area contributed by atoms with Gasteiger partial charge in [0.1, 0.15) is 11.4 Å². The standard InChI is InChI=1S/C44H76N.HI/c1-3-5-7-9-11-13-15-17-19-21-23-25-27-35-41-45(43-37-31-29-32-38-43,44-39-33-30-34-40-44)42-36-28-26-24-22-20-18-16-14-12-10-8-6-4-2;/h29-34,37-40H,3-28,35-36,41-42H2,1-2H3;1H/q+1;/p-1. The molecule has 0 amide bonds. The van der Waals surface area contributed by atoms with E-state index in [0.717, 1.165) is 4.48 Å². The fraction of sp³-hybridized carbons (Fsp3) is 0.727. The minimum atomic E-state index is 0. The molecule has 0 saturated carbocycles. The second-order valence-electron chi connectivity index (χ2n) is 14.3. The monoisotopic (exact) mass is 746 g/mol. The molecule has 0 spiro atoms. The third-order valence-electron chi connectivity index (χ3n) is 10.3. The second kappa shape index (κ2) is 31.4. The molecule has 0 bridgehead atoms. The Hall–Kier alpha value is -0.870. The van der Waals surface area contributed by atoms with E-state index in [2.05, 4.69) is 74.5 Å². The van der Waals surface area contributed by atoms with Gasteiger partial charge in [0.05, 0.1) is 13.1 Å². The van der Waals surface area contributed by atoms with E-state index in [4.69, 9.17) is 0 Å². The van der Waals surface area contributed by atoms with Gasteiger partial charge in [0.2, 0.25) is 0 Å². The van der Waals surface area contributed by atoms with Gasteiger partial charge in [-0.1, -0.05) is 204 Å². The highest BCUT2D eigenvalue weighted by atomic mass is 127. The number of benzene rings is 2. The Morgan fingerprint density at radius 3 is 0.761 bits per heavy atom. The molecule has 0 saturated heterocycles. The van der Waals surface area contributed by atoms with E-state index in [0.29, 0.717) is 0 Å². The summed E-state index contributed by atoms with van der Waals surface area (Å²) in [6.45, 7) is 7.07. The van der Waals surface area contributed by atoms with E-state index in [-0.39, 0.29) is 24.0 Å². The lowest BCUT2D eigenvalue weighted by molar-refractivity contribution is -0.00000964. The molecule has 264 valence electrons. The van der Waals surface area contributed by atoms with Gasteiger partial charge < -0.3 is 24.0 Å². The fourth-order valence-corrected chi connectivity index (χ4v) is 7.36. The van der Waals surface area contributed by atoms with Crippen molar-refractivity contribution in [3.63, 3.8) is 0 Å². The summed E-state index contributed by atoms with van der Waals surface area (Å²) in [6, 6.07) is 22.9. The number of nitrogens with zero attached hydrogens (tertiary/aromatic N) is 1. The van der Waals surface area contributed by atoms with E-state index in [1.165, 1.54) is 204 Å². The predicted molar refractivity (Wildman–Crippen MR) is 205 cm³/mol. The molecule has 2 aromatic carbocycles. The average molecular weight is 746 g/mol. The molecule has 0 aliphatic rings. The molecular weight excluding hydrogens is 669 g/mol. The van der Waals surface area contributed by atoms with Crippen molar-refractivity contribution in [2.75, 3.05) is 13.1 Å². The van der Waals surface area contributed by atoms with Gasteiger partial charge in [0, 0.05) is 0 Å². The summed E-state index contributed by atoms with van der Waals surface area (Å²) in [5.41, 5.74) is 2.96. The number of rotatable bonds is 32. The molecule has 0 aliphatic heterocycles. The molecule has 2 rings (SSSR count). The smallest absolute Gasteiger partial charge is 0.137 e. The maximum absolute atomic E-state index is 2.39. The van der Waals surface area contributed by atoms with Crippen molar-refractivity contribution in [2.24, 2.45) is 0 Å². The van der Waals surface area contributed by atoms with Gasteiger partial charge in [0.25, 0.3) is 0 Å². The van der Waals surface area contributed by atoms with Crippen LogP contribution in [0, 0.1) is 0 Å². The molecule has 0 N–H and O–H groups in total. The van der Waals surface area contributed by atoms with Crippen molar-refractivity contribution < 1.29 is 24.0 Å². The largest absolute Gasteiger partial charge is 1.00 e. The minimum absolute atomic E-state index is 0. The van der Waals surface area contributed by atoms with Crippen LogP contribution in [-0.4, -0.2) is 13.1 Å². The summed E-state index contributed by atoms with van der Waals surface area (Å²) in [4.78, 5) is 0. The Labute approximate surface area is 305 Å². The summed E-state index contributed by atoms with van der Waals surface area (Å²) >= 11 is 0. The van der Waals surface area contributed by atoms with Crippen molar-refractivity contribution in [3.05, 3.63) is 60.7 Å². The van der Waals surface area contributed by atoms with E-state index in [1.807, 2.05) is 0 Å². The maximum Gasteiger partial charge on any atom is 0.137 e. The van der Waals surface area contributed by atoms with Gasteiger partial charge in [-0.15, -0.1) is 0 Å². The molecule has 46 heavy (non-hydrogen) atoms. The highest BCUT2D eigenvalue weighted by Gasteiger charge is 2.32. The normalized spacial score (nSPS) is 11.5. The molecule has 1 nitrogen and oxygen atoms in total. The van der Waals surface area contributed by atoms with Gasteiger partial charge in [-0.3, -0.25) is 4.48 Å². The lowest BCUT2D eigenvalue weighted by atomic mass is 10.0. The number of halogens is 1. The van der Waals surface area contributed by atoms with Crippen molar-refractivity contribution in [3.8, 4) is 0 Å². The predicted octanol–water partition coefficient (Wildman–Crippen LogP) is 12.3. The van der Waals surface area contributed by atoms with E-state index >= 15 is 0 Å². The fourth-order valence-electron chi connectivity index (χ4n) is 7.36. The molecule has 2 heteroatoms. The first-order chi connectivity index (χ1) is 22.3. The molecule has 0 fully saturated rings. The summed E-state index contributed by atoms with van der Waals surface area (Å²) in [6.07, 6.45) is 39.8. The molecule has 0 unspecified atom stereocenters. The van der Waals surface area contributed by atoms with Crippen molar-refractivity contribution in [2.45, 2.75) is 194 Å². The van der Waals surface area contributed by atoms with Crippen LogP contribution >= 0.6 is 0 Å². The molecular formula is C44H76IN. The quantitative estimate of drug-likeness (QED) is 0.0397. The second-order valence-corrected chi connectivity index (χ2v) is 14.3. The third-order valence-corrected chi connectivity index (χ3v) is 10.3. The summed E-state index contributed by atoms with van der Waals surface area (Å²) in [5.74, 6) is 0. The lowest BCUT2D eigenvalue weighted by Gasteiger charge is -2.38. The Morgan fingerprint density at radius 1 is 0.304 bits per heavy atom. The third kappa shape index (κ3) is 20.5. The van der Waals surface area contributed by atoms with Crippen molar-refractivity contribution in [1.82, 2.24) is 4.48 Å². The van der Waals surface area contributed by atoms with E-state index in [9.17, 15) is 0 Å². The van der Waals surface area contributed by atoms with Crippen LogP contribution in [0.2, 0.25) is 0 Å². The van der Waals surface area contributed by atoms with Gasteiger partial charge in [-0.25, -0.2) is 0 Å². The summed E-state index contributed by atoms with van der Waals surface area (Å²) < 4.78 is 1.03. The molecule has 0 atom stereocenters. The Balaban J connectivity index is 0.0000106. The molecule has 0 aliphatic carbocycles. The van der Waals surface area contributed by atoms with Crippen LogP contribution in [0.15, 0.2) is 60.7 Å². The van der Waals surface area contributed by atoms with Gasteiger partial charge in [-0.05, 0) is 49.9 Å². The van der Waals surface area contributed by atoms with E-state index in [1.54, 1.807) is 0 Å². The zero-order valence-electron chi connectivity index (χ0n) is 30.8. The summed E-state index contributed by atoms with van der Waals surface area (Å²) in [5, 5.41) is 0. The van der Waals surface area contributed by atoms with Crippen LogP contribution in [0.1, 0.15) is 194 Å². The zero-order valence-corrected chi connectivity index (χ0v) is 33.0. The number of hydrogen-bond acceptors (Lipinski definition) is 0. The first-order valence-electron chi connectivity index (χ1n) is 20.3. The first-order valence-corrected chi connectivity index (χ1v) is 20.3. The van der Waals surface area contributed by atoms with Crippen molar-refractivity contribution in [1.29, 1.82) is 0 Å². The summed E-state index contributed by atoms with van der Waals surface area (Å²) in [7, 11) is 0.